The molecule has 1 fully saturated rings. The van der Waals surface area contributed by atoms with Crippen LogP contribution in [0.3, 0.4) is 0 Å². The van der Waals surface area contributed by atoms with Gasteiger partial charge in [0.2, 0.25) is 0 Å². The van der Waals surface area contributed by atoms with Gasteiger partial charge in [0.1, 0.15) is 0 Å². The van der Waals surface area contributed by atoms with Gasteiger partial charge >= 0.3 is 0 Å². The number of allylic oxidation sites excluding steroid dienone is 1. The molecule has 1 aliphatic carbocycles. The van der Waals surface area contributed by atoms with Crippen LogP contribution >= 0.6 is 0 Å². The number of nitrogens with zero attached hydrogens (tertiary/aromatic N) is 3. The van der Waals surface area contributed by atoms with Crippen LogP contribution in [0, 0.1) is 0 Å². The van der Waals surface area contributed by atoms with Crippen LogP contribution in [0.4, 0.5) is 0 Å². The molecule has 0 N–H and O–H groups in total. The lowest BCUT2D eigenvalue weighted by atomic mass is 10.0. The van der Waals surface area contributed by atoms with Gasteiger partial charge in [-0.25, -0.2) is 0 Å². The van der Waals surface area contributed by atoms with Crippen LogP contribution < -0.4 is 5.56 Å². The molecular formula is C22H29N3O. The number of hydrogen-bond donors (Lipinski definition) is 0. The molecule has 4 rings (SSSR count). The number of pyridine rings is 1. The highest BCUT2D eigenvalue weighted by atomic mass is 16.1. The fraction of sp³-hybridized carbons (Fsp3) is 0.500. The predicted molar refractivity (Wildman–Crippen MR) is 108 cm³/mol. The van der Waals surface area contributed by atoms with E-state index >= 15 is 0 Å². The molecule has 2 aromatic rings. The van der Waals surface area contributed by atoms with E-state index in [0.717, 1.165) is 56.8 Å². The molecule has 1 aromatic carbocycles. The molecule has 0 saturated carbocycles. The molecule has 4 heteroatoms. The molecular weight excluding hydrogens is 322 g/mol. The van der Waals surface area contributed by atoms with Gasteiger partial charge in [-0.2, -0.15) is 0 Å². The molecule has 0 radical (unpaired) electrons. The molecule has 26 heavy (non-hydrogen) atoms. The maximum absolute atomic E-state index is 13.1. The van der Waals surface area contributed by atoms with Crippen LogP contribution in [-0.4, -0.2) is 47.1 Å². The Kier molecular flexibility index (Phi) is 4.96. The summed E-state index contributed by atoms with van der Waals surface area (Å²) in [6.07, 6.45) is 5.36. The van der Waals surface area contributed by atoms with Crippen LogP contribution in [0.15, 0.2) is 35.6 Å². The average Bonchev–Trinajstić information content (AvgIpc) is 3.11. The third-order valence-corrected chi connectivity index (χ3v) is 6.00. The minimum absolute atomic E-state index is 0.147. The molecule has 2 heterocycles. The minimum atomic E-state index is 0.147. The van der Waals surface area contributed by atoms with Crippen LogP contribution in [0.1, 0.15) is 30.0 Å². The van der Waals surface area contributed by atoms with E-state index in [1.807, 2.05) is 10.6 Å². The van der Waals surface area contributed by atoms with Gasteiger partial charge in [-0.3, -0.25) is 9.69 Å². The first-order valence-corrected chi connectivity index (χ1v) is 9.93. The van der Waals surface area contributed by atoms with Crippen molar-refractivity contribution in [1.29, 1.82) is 0 Å². The van der Waals surface area contributed by atoms with Crippen molar-refractivity contribution in [2.24, 2.45) is 0 Å². The zero-order valence-corrected chi connectivity index (χ0v) is 15.8. The van der Waals surface area contributed by atoms with E-state index in [2.05, 4.69) is 41.5 Å². The first-order chi connectivity index (χ1) is 12.7. The van der Waals surface area contributed by atoms with Gasteiger partial charge in [-0.1, -0.05) is 13.0 Å². The minimum Gasteiger partial charge on any atom is -0.304 e. The smallest absolute Gasteiger partial charge is 0.255 e. The number of benzene rings is 1. The van der Waals surface area contributed by atoms with Gasteiger partial charge < -0.3 is 9.47 Å². The van der Waals surface area contributed by atoms with Gasteiger partial charge in [0, 0.05) is 44.8 Å². The Morgan fingerprint density at radius 3 is 2.42 bits per heavy atom. The Hall–Kier alpha value is -1.91. The summed E-state index contributed by atoms with van der Waals surface area (Å²) in [7, 11) is 0. The molecule has 0 amide bonds. The Morgan fingerprint density at radius 2 is 1.73 bits per heavy atom. The lowest BCUT2D eigenvalue weighted by Crippen LogP contribution is -2.46. The second kappa shape index (κ2) is 7.37. The second-order valence-electron chi connectivity index (χ2n) is 7.62. The van der Waals surface area contributed by atoms with Crippen molar-refractivity contribution >= 4 is 10.9 Å². The van der Waals surface area contributed by atoms with Crippen molar-refractivity contribution in [1.82, 2.24) is 14.4 Å². The van der Waals surface area contributed by atoms with Crippen molar-refractivity contribution in [3.63, 3.8) is 0 Å². The van der Waals surface area contributed by atoms with E-state index < -0.39 is 0 Å². The van der Waals surface area contributed by atoms with Gasteiger partial charge in [0.25, 0.3) is 5.56 Å². The van der Waals surface area contributed by atoms with Crippen molar-refractivity contribution in [2.45, 2.75) is 39.3 Å². The molecule has 138 valence electrons. The number of piperazine rings is 1. The average molecular weight is 351 g/mol. The Balaban J connectivity index is 1.70. The van der Waals surface area contributed by atoms with E-state index in [-0.39, 0.29) is 5.56 Å². The molecule has 1 saturated heterocycles. The van der Waals surface area contributed by atoms with Gasteiger partial charge in [-0.05, 0) is 60.5 Å². The normalized spacial score (nSPS) is 18.3. The van der Waals surface area contributed by atoms with Crippen molar-refractivity contribution in [3.8, 4) is 0 Å². The zero-order chi connectivity index (χ0) is 18.1. The molecule has 0 unspecified atom stereocenters. The van der Waals surface area contributed by atoms with E-state index in [4.69, 9.17) is 0 Å². The first-order valence-electron chi connectivity index (χ1n) is 9.93. The number of fused-ring (bicyclic) bond motifs is 2. The van der Waals surface area contributed by atoms with Gasteiger partial charge in [0.05, 0.1) is 5.52 Å². The highest BCUT2D eigenvalue weighted by molar-refractivity contribution is 5.82. The van der Waals surface area contributed by atoms with Crippen LogP contribution in [0.2, 0.25) is 0 Å². The maximum Gasteiger partial charge on any atom is 0.255 e. The van der Waals surface area contributed by atoms with Crippen molar-refractivity contribution < 1.29 is 0 Å². The lowest BCUT2D eigenvalue weighted by molar-refractivity contribution is 0.131. The molecule has 1 aromatic heterocycles. The van der Waals surface area contributed by atoms with E-state index in [1.165, 1.54) is 29.4 Å². The zero-order valence-electron chi connectivity index (χ0n) is 15.8. The first kappa shape index (κ1) is 17.5. The Bertz CT molecular complexity index is 875. The highest BCUT2D eigenvalue weighted by Gasteiger charge is 2.19. The summed E-state index contributed by atoms with van der Waals surface area (Å²) in [5.74, 6) is 0. The SMILES string of the molecule is C=CCn1c(=O)c(CN2CCN(CC)CC2)cc2cc3c(cc21)CCC3. The molecule has 4 nitrogen and oxygen atoms in total. The van der Waals surface area contributed by atoms with Crippen molar-refractivity contribution in [3.05, 3.63) is 57.9 Å². The Morgan fingerprint density at radius 1 is 1.04 bits per heavy atom. The molecule has 2 aliphatic rings. The fourth-order valence-corrected chi connectivity index (χ4v) is 4.44. The number of aryl methyl sites for hydroxylation is 2. The number of rotatable bonds is 5. The number of likely N-dealkylation sites (N-methyl/N-ethyl adjacent to an activating group) is 1. The summed E-state index contributed by atoms with van der Waals surface area (Å²) < 4.78 is 1.92. The summed E-state index contributed by atoms with van der Waals surface area (Å²) in [4.78, 5) is 18.0. The molecule has 0 bridgehead atoms. The van der Waals surface area contributed by atoms with Gasteiger partial charge in [0.15, 0.2) is 0 Å². The second-order valence-corrected chi connectivity index (χ2v) is 7.62. The van der Waals surface area contributed by atoms with E-state index in [0.29, 0.717) is 6.54 Å². The predicted octanol–water partition coefficient (Wildman–Crippen LogP) is 2.81. The maximum atomic E-state index is 13.1. The highest BCUT2D eigenvalue weighted by Crippen LogP contribution is 2.27. The summed E-state index contributed by atoms with van der Waals surface area (Å²) in [6, 6.07) is 6.70. The van der Waals surface area contributed by atoms with E-state index in [1.54, 1.807) is 0 Å². The quantitative estimate of drug-likeness (QED) is 0.776. The van der Waals surface area contributed by atoms with E-state index in [9.17, 15) is 4.79 Å². The molecule has 1 aliphatic heterocycles. The topological polar surface area (TPSA) is 28.5 Å². The van der Waals surface area contributed by atoms with Crippen molar-refractivity contribution in [2.75, 3.05) is 32.7 Å². The summed E-state index contributed by atoms with van der Waals surface area (Å²) >= 11 is 0. The third kappa shape index (κ3) is 3.24. The third-order valence-electron chi connectivity index (χ3n) is 6.00. The van der Waals surface area contributed by atoms with Crippen LogP contribution in [-0.2, 0) is 25.9 Å². The van der Waals surface area contributed by atoms with Crippen LogP contribution in [0.25, 0.3) is 10.9 Å². The number of aromatic nitrogens is 1. The lowest BCUT2D eigenvalue weighted by Gasteiger charge is -2.34. The molecule has 0 atom stereocenters. The van der Waals surface area contributed by atoms with Crippen LogP contribution in [0.5, 0.6) is 0 Å². The summed E-state index contributed by atoms with van der Waals surface area (Å²) in [5.41, 5.74) is 5.01. The number of hydrogen-bond acceptors (Lipinski definition) is 3. The fourth-order valence-electron chi connectivity index (χ4n) is 4.44. The van der Waals surface area contributed by atoms with Gasteiger partial charge in [-0.15, -0.1) is 6.58 Å². The largest absolute Gasteiger partial charge is 0.304 e. The molecule has 0 spiro atoms. The Labute approximate surface area is 155 Å². The standard InChI is InChI=1S/C22H29N3O/c1-3-8-25-21-15-18-7-5-6-17(18)13-19(21)14-20(22(25)26)16-24-11-9-23(4-2)10-12-24/h3,13-15H,1,4-12,16H2,2H3. The summed E-state index contributed by atoms with van der Waals surface area (Å²) in [6.45, 7) is 12.8. The monoisotopic (exact) mass is 351 g/mol. The summed E-state index contributed by atoms with van der Waals surface area (Å²) in [5, 5.41) is 1.20.